The number of hydrogen-bond acceptors (Lipinski definition) is 6. The van der Waals surface area contributed by atoms with Crippen LogP contribution in [0.15, 0.2) is 146 Å². The summed E-state index contributed by atoms with van der Waals surface area (Å²) in [5.74, 6) is 0. The summed E-state index contributed by atoms with van der Waals surface area (Å²) in [7, 11) is 0. The smallest absolute Gasteiger partial charge is 0.0886 e. The first-order chi connectivity index (χ1) is 17.9. The van der Waals surface area contributed by atoms with E-state index in [-0.39, 0.29) is 19.8 Å². The van der Waals surface area contributed by atoms with Crippen LogP contribution >= 0.6 is 0 Å². The summed E-state index contributed by atoms with van der Waals surface area (Å²) in [6, 6.07) is 34.8. The molecule has 6 rings (SSSR count). The van der Waals surface area contributed by atoms with Crippen LogP contribution in [-0.2, 0) is 19.8 Å². The van der Waals surface area contributed by atoms with Crippen molar-refractivity contribution in [1.82, 2.24) is 29.9 Å². The number of rotatable bonds is 3. The fraction of sp³-hybridized carbons (Fsp3) is 0. The van der Waals surface area contributed by atoms with Gasteiger partial charge in [0.15, 0.2) is 0 Å². The van der Waals surface area contributed by atoms with E-state index in [2.05, 4.69) is 29.9 Å². The molecule has 182 valence electrons. The molecule has 6 aromatic rings. The molecule has 0 radical (unpaired) electrons. The van der Waals surface area contributed by atoms with Gasteiger partial charge in [-0.3, -0.25) is 29.9 Å². The second-order valence-corrected chi connectivity index (χ2v) is 7.29. The fourth-order valence-corrected chi connectivity index (χ4v) is 3.09. The van der Waals surface area contributed by atoms with Gasteiger partial charge in [-0.05, 0) is 72.8 Å². The zero-order valence-electron chi connectivity index (χ0n) is 19.9. The first kappa shape index (κ1) is 27.1. The third kappa shape index (κ3) is 8.92. The zero-order valence-corrected chi connectivity index (χ0v) is 22.4. The second-order valence-electron chi connectivity index (χ2n) is 7.29. The molecule has 0 unspecified atom stereocenters. The monoisotopic (exact) mass is 660 g/mol. The van der Waals surface area contributed by atoms with Gasteiger partial charge in [0.2, 0.25) is 0 Å². The number of aromatic nitrogens is 6. The molecule has 7 heteroatoms. The molecule has 0 aliphatic rings. The van der Waals surface area contributed by atoms with Crippen LogP contribution in [0.4, 0.5) is 0 Å². The molecule has 0 aliphatic carbocycles. The minimum atomic E-state index is 0. The maximum atomic E-state index is 4.19. The minimum Gasteiger partial charge on any atom is -0.255 e. The van der Waals surface area contributed by atoms with Crippen LogP contribution in [0.2, 0.25) is 0 Å². The van der Waals surface area contributed by atoms with Gasteiger partial charge in [0, 0.05) is 57.0 Å². The van der Waals surface area contributed by atoms with Gasteiger partial charge in [0.25, 0.3) is 0 Å². The van der Waals surface area contributed by atoms with Gasteiger partial charge in [-0.15, -0.1) is 0 Å². The Morgan fingerprint density at radius 1 is 0.243 bits per heavy atom. The van der Waals surface area contributed by atoms with Crippen molar-refractivity contribution in [1.29, 1.82) is 0 Å². The van der Waals surface area contributed by atoms with Crippen LogP contribution in [-0.4, -0.2) is 29.9 Å². The van der Waals surface area contributed by atoms with E-state index in [1.54, 1.807) is 37.2 Å². The summed E-state index contributed by atoms with van der Waals surface area (Å²) in [4.78, 5) is 25.1. The van der Waals surface area contributed by atoms with Crippen LogP contribution in [0.3, 0.4) is 0 Å². The standard InChI is InChI=1S/3C10H8N2.Os/c3*1-3-7-11-9(5-1)10-6-2-4-8-12-10;/h3*1-8H;. The van der Waals surface area contributed by atoms with Crippen molar-refractivity contribution in [3.63, 3.8) is 0 Å². The van der Waals surface area contributed by atoms with E-state index in [0.29, 0.717) is 0 Å². The van der Waals surface area contributed by atoms with Gasteiger partial charge in [-0.25, -0.2) is 0 Å². The van der Waals surface area contributed by atoms with E-state index in [1.807, 2.05) is 109 Å². The average molecular weight is 659 g/mol. The van der Waals surface area contributed by atoms with Gasteiger partial charge in [0.1, 0.15) is 0 Å². The van der Waals surface area contributed by atoms with E-state index in [9.17, 15) is 0 Å². The average Bonchev–Trinajstić information content (AvgIpc) is 3.01. The van der Waals surface area contributed by atoms with Gasteiger partial charge >= 0.3 is 0 Å². The Morgan fingerprint density at radius 2 is 0.405 bits per heavy atom. The van der Waals surface area contributed by atoms with Gasteiger partial charge in [-0.2, -0.15) is 0 Å². The van der Waals surface area contributed by atoms with Crippen molar-refractivity contribution in [2.75, 3.05) is 0 Å². The molecular formula is C30H24N6Os. The predicted molar refractivity (Wildman–Crippen MR) is 142 cm³/mol. The Balaban J connectivity index is 0.000000152. The third-order valence-corrected chi connectivity index (χ3v) is 4.78. The number of nitrogens with zero attached hydrogens (tertiary/aromatic N) is 6. The third-order valence-electron chi connectivity index (χ3n) is 4.78. The number of hydrogen-bond donors (Lipinski definition) is 0. The van der Waals surface area contributed by atoms with Crippen molar-refractivity contribution in [3.05, 3.63) is 146 Å². The predicted octanol–water partition coefficient (Wildman–Crippen LogP) is 6.43. The second kappa shape index (κ2) is 15.5. The Labute approximate surface area is 229 Å². The van der Waals surface area contributed by atoms with Crippen LogP contribution in [0.25, 0.3) is 34.2 Å². The SMILES string of the molecule is [Os].c1ccc(-c2ccccn2)nc1.c1ccc(-c2ccccn2)nc1.c1ccc(-c2ccccn2)nc1. The molecule has 37 heavy (non-hydrogen) atoms. The molecule has 0 amide bonds. The van der Waals surface area contributed by atoms with Crippen LogP contribution < -0.4 is 0 Å². The molecule has 0 saturated heterocycles. The van der Waals surface area contributed by atoms with E-state index < -0.39 is 0 Å². The summed E-state index contributed by atoms with van der Waals surface area (Å²) in [6.45, 7) is 0. The van der Waals surface area contributed by atoms with Crippen molar-refractivity contribution < 1.29 is 19.8 Å². The minimum absolute atomic E-state index is 0. The Hall–Kier alpha value is -4.46. The molecule has 0 saturated carbocycles. The zero-order chi connectivity index (χ0) is 24.7. The van der Waals surface area contributed by atoms with E-state index in [0.717, 1.165) is 34.2 Å². The number of pyridine rings is 6. The summed E-state index contributed by atoms with van der Waals surface area (Å²) in [5.41, 5.74) is 5.49. The molecule has 0 aliphatic heterocycles. The Kier molecular flexibility index (Phi) is 11.4. The first-order valence-electron chi connectivity index (χ1n) is 11.4. The molecule has 6 heterocycles. The maximum absolute atomic E-state index is 4.19. The largest absolute Gasteiger partial charge is 0.255 e. The Morgan fingerprint density at radius 3 is 0.514 bits per heavy atom. The molecule has 0 bridgehead atoms. The molecule has 0 fully saturated rings. The molecule has 0 spiro atoms. The summed E-state index contributed by atoms with van der Waals surface area (Å²) >= 11 is 0. The topological polar surface area (TPSA) is 77.3 Å². The molecule has 6 aromatic heterocycles. The van der Waals surface area contributed by atoms with Crippen LogP contribution in [0.1, 0.15) is 0 Å². The summed E-state index contributed by atoms with van der Waals surface area (Å²) in [6.07, 6.45) is 10.6. The van der Waals surface area contributed by atoms with Crippen LogP contribution in [0.5, 0.6) is 0 Å². The molecule has 0 N–H and O–H groups in total. The fourth-order valence-electron chi connectivity index (χ4n) is 3.09. The summed E-state index contributed by atoms with van der Waals surface area (Å²) in [5, 5.41) is 0. The molecule has 6 nitrogen and oxygen atoms in total. The maximum Gasteiger partial charge on any atom is 0.0886 e. The van der Waals surface area contributed by atoms with Gasteiger partial charge < -0.3 is 0 Å². The first-order valence-corrected chi connectivity index (χ1v) is 11.4. The van der Waals surface area contributed by atoms with Crippen molar-refractivity contribution in [2.24, 2.45) is 0 Å². The molecule has 0 aromatic carbocycles. The normalized spacial score (nSPS) is 9.41. The van der Waals surface area contributed by atoms with E-state index >= 15 is 0 Å². The van der Waals surface area contributed by atoms with Crippen LogP contribution in [0, 0.1) is 0 Å². The van der Waals surface area contributed by atoms with Crippen molar-refractivity contribution in [2.45, 2.75) is 0 Å². The summed E-state index contributed by atoms with van der Waals surface area (Å²) < 4.78 is 0. The van der Waals surface area contributed by atoms with Crippen molar-refractivity contribution >= 4 is 0 Å². The van der Waals surface area contributed by atoms with Gasteiger partial charge in [-0.1, -0.05) is 36.4 Å². The quantitative estimate of drug-likeness (QED) is 0.218. The molecule has 0 atom stereocenters. The van der Waals surface area contributed by atoms with E-state index in [4.69, 9.17) is 0 Å². The van der Waals surface area contributed by atoms with E-state index in [1.165, 1.54) is 0 Å². The van der Waals surface area contributed by atoms with Crippen molar-refractivity contribution in [3.8, 4) is 34.2 Å². The molecular weight excluding hydrogens is 635 g/mol. The van der Waals surface area contributed by atoms with Gasteiger partial charge in [0.05, 0.1) is 34.2 Å². The Bertz CT molecular complexity index is 1100.